The van der Waals surface area contributed by atoms with Gasteiger partial charge in [0, 0.05) is 26.1 Å². The summed E-state index contributed by atoms with van der Waals surface area (Å²) in [7, 11) is 0. The van der Waals surface area contributed by atoms with Crippen molar-refractivity contribution in [2.45, 2.75) is 50.6 Å². The Morgan fingerprint density at radius 2 is 1.53 bits per heavy atom. The first-order valence-electron chi connectivity index (χ1n) is 9.38. The van der Waals surface area contributed by atoms with E-state index in [1.807, 2.05) is 0 Å². The number of esters is 1. The number of morpholine rings is 1. The van der Waals surface area contributed by atoms with Gasteiger partial charge in [0.1, 0.15) is 6.10 Å². The first kappa shape index (κ1) is 28.7. The van der Waals surface area contributed by atoms with Gasteiger partial charge >= 0.3 is 18.3 Å². The first-order valence-corrected chi connectivity index (χ1v) is 9.38. The van der Waals surface area contributed by atoms with Gasteiger partial charge in [-0.15, -0.1) is 0 Å². The summed E-state index contributed by atoms with van der Waals surface area (Å²) in [6.07, 6.45) is -19.9. The highest BCUT2D eigenvalue weighted by atomic mass is 19.4. The Labute approximate surface area is 176 Å². The van der Waals surface area contributed by atoms with Crippen LogP contribution in [0.5, 0.6) is 0 Å². The number of hydrogen-bond donors (Lipinski definition) is 0. The summed E-state index contributed by atoms with van der Waals surface area (Å²) >= 11 is 0. The molecule has 0 N–H and O–H groups in total. The van der Waals surface area contributed by atoms with Gasteiger partial charge in [-0.3, -0.25) is 9.69 Å². The fourth-order valence-corrected chi connectivity index (χ4v) is 2.62. The third-order valence-corrected chi connectivity index (χ3v) is 4.75. The van der Waals surface area contributed by atoms with Gasteiger partial charge in [0.05, 0.1) is 32.8 Å². The van der Waals surface area contributed by atoms with Crippen molar-refractivity contribution in [3.05, 3.63) is 0 Å². The van der Waals surface area contributed by atoms with E-state index in [1.54, 1.807) is 0 Å². The van der Waals surface area contributed by atoms with E-state index in [9.17, 15) is 48.7 Å². The number of halogens is 10. The van der Waals surface area contributed by atoms with Crippen LogP contribution in [0.4, 0.5) is 43.9 Å². The number of carbonyl (C=O) groups is 1. The SMILES string of the molecule is CC(C(=O)OC(COCCC(F)(F)CC(F)F)CN1CCOCC1)(C(F)(F)F)C(F)(F)F. The molecule has 5 nitrogen and oxygen atoms in total. The molecule has 0 amide bonds. The maximum atomic E-state index is 13.3. The highest BCUT2D eigenvalue weighted by Crippen LogP contribution is 2.51. The molecule has 1 atom stereocenters. The molecule has 1 aliphatic rings. The third kappa shape index (κ3) is 8.21. The lowest BCUT2D eigenvalue weighted by molar-refractivity contribution is -0.327. The van der Waals surface area contributed by atoms with Crippen LogP contribution in [0.15, 0.2) is 0 Å². The highest BCUT2D eigenvalue weighted by Gasteiger charge is 2.73. The number of rotatable bonds is 11. The van der Waals surface area contributed by atoms with Crippen LogP contribution < -0.4 is 0 Å². The number of hydrogen-bond acceptors (Lipinski definition) is 5. The monoisotopic (exact) mass is 495 g/mol. The molecule has 1 unspecified atom stereocenters. The lowest BCUT2D eigenvalue weighted by atomic mass is 9.89. The topological polar surface area (TPSA) is 48.0 Å². The van der Waals surface area contributed by atoms with Crippen LogP contribution in [-0.4, -0.2) is 87.7 Å². The second kappa shape index (κ2) is 11.2. The smallest absolute Gasteiger partial charge is 0.413 e. The van der Waals surface area contributed by atoms with Crippen molar-refractivity contribution in [3.63, 3.8) is 0 Å². The van der Waals surface area contributed by atoms with Gasteiger partial charge in [-0.25, -0.2) is 17.6 Å². The van der Waals surface area contributed by atoms with Crippen LogP contribution in [0, 0.1) is 5.41 Å². The van der Waals surface area contributed by atoms with Crippen molar-refractivity contribution >= 4 is 5.97 Å². The molecule has 0 bridgehead atoms. The summed E-state index contributed by atoms with van der Waals surface area (Å²) in [6, 6.07) is 0. The number of nitrogens with zero attached hydrogens (tertiary/aromatic N) is 1. The minimum Gasteiger partial charge on any atom is -0.458 e. The molecular formula is C17H23F10NO4. The molecule has 190 valence electrons. The maximum absolute atomic E-state index is 13.3. The molecule has 1 saturated heterocycles. The quantitative estimate of drug-likeness (QED) is 0.246. The Balaban J connectivity index is 2.86. The predicted octanol–water partition coefficient (Wildman–Crippen LogP) is 4.06. The van der Waals surface area contributed by atoms with E-state index in [4.69, 9.17) is 9.47 Å². The zero-order valence-corrected chi connectivity index (χ0v) is 16.9. The van der Waals surface area contributed by atoms with Gasteiger partial charge in [0.25, 0.3) is 11.3 Å². The number of ether oxygens (including phenoxy) is 3. The van der Waals surface area contributed by atoms with E-state index >= 15 is 0 Å². The van der Waals surface area contributed by atoms with Crippen molar-refractivity contribution in [1.82, 2.24) is 4.90 Å². The van der Waals surface area contributed by atoms with Crippen molar-refractivity contribution in [2.24, 2.45) is 5.41 Å². The Bertz CT molecular complexity index is 577. The average molecular weight is 495 g/mol. The average Bonchev–Trinajstić information content (AvgIpc) is 2.62. The minimum absolute atomic E-state index is 0.199. The highest BCUT2D eigenvalue weighted by molar-refractivity contribution is 5.78. The lowest BCUT2D eigenvalue weighted by Crippen LogP contribution is -2.55. The van der Waals surface area contributed by atoms with Gasteiger partial charge < -0.3 is 14.2 Å². The predicted molar refractivity (Wildman–Crippen MR) is 88.4 cm³/mol. The normalized spacial score (nSPS) is 18.1. The fraction of sp³-hybridized carbons (Fsp3) is 0.941. The number of alkyl halides is 10. The summed E-state index contributed by atoms with van der Waals surface area (Å²) in [5, 5.41) is 0. The van der Waals surface area contributed by atoms with Gasteiger partial charge in [0.15, 0.2) is 0 Å². The molecule has 1 rings (SSSR count). The van der Waals surface area contributed by atoms with E-state index in [2.05, 4.69) is 4.74 Å². The van der Waals surface area contributed by atoms with Crippen LogP contribution in [0.25, 0.3) is 0 Å². The maximum Gasteiger partial charge on any atom is 0.413 e. The third-order valence-electron chi connectivity index (χ3n) is 4.75. The summed E-state index contributed by atoms with van der Waals surface area (Å²) in [6.45, 7) is -1.55. The van der Waals surface area contributed by atoms with Crippen LogP contribution >= 0.6 is 0 Å². The Hall–Kier alpha value is -1.35. The van der Waals surface area contributed by atoms with Gasteiger partial charge in [-0.05, 0) is 6.92 Å². The van der Waals surface area contributed by atoms with Crippen molar-refractivity contribution in [1.29, 1.82) is 0 Å². The van der Waals surface area contributed by atoms with E-state index in [0.717, 1.165) is 0 Å². The zero-order valence-electron chi connectivity index (χ0n) is 16.9. The zero-order chi connectivity index (χ0) is 24.8. The molecule has 0 radical (unpaired) electrons. The molecular weight excluding hydrogens is 472 g/mol. The van der Waals surface area contributed by atoms with Crippen molar-refractivity contribution in [2.75, 3.05) is 46.1 Å². The Kier molecular flexibility index (Phi) is 10.0. The van der Waals surface area contributed by atoms with Crippen molar-refractivity contribution in [3.8, 4) is 0 Å². The largest absolute Gasteiger partial charge is 0.458 e. The second-order valence-electron chi connectivity index (χ2n) is 7.34. The van der Waals surface area contributed by atoms with Crippen molar-refractivity contribution < 1.29 is 62.9 Å². The van der Waals surface area contributed by atoms with Crippen LogP contribution in [0.2, 0.25) is 0 Å². The van der Waals surface area contributed by atoms with Crippen LogP contribution in [0.1, 0.15) is 19.8 Å². The Morgan fingerprint density at radius 1 is 1.00 bits per heavy atom. The molecule has 32 heavy (non-hydrogen) atoms. The molecule has 0 aliphatic carbocycles. The van der Waals surface area contributed by atoms with E-state index in [1.165, 1.54) is 4.90 Å². The van der Waals surface area contributed by atoms with Gasteiger partial charge in [-0.1, -0.05) is 0 Å². The standard InChI is InChI=1S/C17H23F10NO4/c1-14(16(22,23)24,17(25,26)27)13(29)32-11(9-28-3-6-30-7-4-28)10-31-5-2-15(20,21)8-12(18)19/h11-12H,2-10H2,1H3. The minimum atomic E-state index is -6.02. The Morgan fingerprint density at radius 3 is 2.00 bits per heavy atom. The van der Waals surface area contributed by atoms with E-state index in [-0.39, 0.29) is 39.8 Å². The molecule has 0 saturated carbocycles. The van der Waals surface area contributed by atoms with Gasteiger partial charge in [-0.2, -0.15) is 26.3 Å². The van der Waals surface area contributed by atoms with Crippen LogP contribution in [-0.2, 0) is 19.0 Å². The molecule has 0 aromatic heterocycles. The lowest BCUT2D eigenvalue weighted by Gasteiger charge is -2.35. The molecule has 1 fully saturated rings. The van der Waals surface area contributed by atoms with Gasteiger partial charge in [0.2, 0.25) is 6.43 Å². The summed E-state index contributed by atoms with van der Waals surface area (Å²) in [5.74, 6) is -6.42. The summed E-state index contributed by atoms with van der Waals surface area (Å²) < 4.78 is 144. The van der Waals surface area contributed by atoms with Crippen LogP contribution in [0.3, 0.4) is 0 Å². The first-order chi connectivity index (χ1) is 14.5. The summed E-state index contributed by atoms with van der Waals surface area (Å²) in [5.41, 5.74) is -4.83. The van der Waals surface area contributed by atoms with E-state index in [0.29, 0.717) is 0 Å². The molecule has 1 heterocycles. The molecule has 1 aliphatic heterocycles. The molecule has 0 aromatic rings. The summed E-state index contributed by atoms with van der Waals surface area (Å²) in [4.78, 5) is 13.5. The molecule has 15 heteroatoms. The molecule has 0 spiro atoms. The molecule has 0 aromatic carbocycles. The fourth-order valence-electron chi connectivity index (χ4n) is 2.62. The number of carbonyl (C=O) groups excluding carboxylic acids is 1. The second-order valence-corrected chi connectivity index (χ2v) is 7.34. The van der Waals surface area contributed by atoms with E-state index < -0.39 is 68.2 Å².